The molecule has 2 saturated heterocycles. The van der Waals surface area contributed by atoms with Crippen molar-refractivity contribution in [3.8, 4) is 0 Å². The summed E-state index contributed by atoms with van der Waals surface area (Å²) in [5.74, 6) is 2.22. The Hall–Kier alpha value is -0.320. The van der Waals surface area contributed by atoms with Crippen LogP contribution >= 0.6 is 0 Å². The zero-order valence-corrected chi connectivity index (χ0v) is 28.6. The van der Waals surface area contributed by atoms with Gasteiger partial charge in [0.25, 0.3) is 0 Å². The first-order valence-corrected chi connectivity index (χ1v) is 17.7. The lowest BCUT2D eigenvalue weighted by Crippen LogP contribution is -2.65. The molecule has 0 radical (unpaired) electrons. The van der Waals surface area contributed by atoms with Gasteiger partial charge in [-0.1, -0.05) is 34.6 Å². The van der Waals surface area contributed by atoms with E-state index in [2.05, 4.69) is 41.5 Å². The molecule has 254 valence electrons. The fourth-order valence-electron chi connectivity index (χ4n) is 12.7. The molecule has 0 aromatic rings. The molecule has 6 aliphatic rings. The highest BCUT2D eigenvalue weighted by atomic mass is 16.7. The normalized spacial score (nSPS) is 55.7. The van der Waals surface area contributed by atoms with Crippen molar-refractivity contribution in [2.24, 2.45) is 45.3 Å². The number of aliphatic hydroxyl groups excluding tert-OH is 4. The van der Waals surface area contributed by atoms with Crippen molar-refractivity contribution < 1.29 is 39.7 Å². The Bertz CT molecular complexity index is 1070. The second-order valence-corrected chi connectivity index (χ2v) is 18.1. The molecule has 0 bridgehead atoms. The van der Waals surface area contributed by atoms with Gasteiger partial charge < -0.3 is 39.7 Å². The average molecular weight is 623 g/mol. The Morgan fingerprint density at radius 2 is 1.41 bits per heavy atom. The van der Waals surface area contributed by atoms with Gasteiger partial charge in [0.1, 0.15) is 24.4 Å². The summed E-state index contributed by atoms with van der Waals surface area (Å²) in [6.07, 6.45) is 4.59. The maximum absolute atomic E-state index is 10.7. The predicted molar refractivity (Wildman–Crippen MR) is 166 cm³/mol. The van der Waals surface area contributed by atoms with Crippen molar-refractivity contribution in [1.29, 1.82) is 0 Å². The summed E-state index contributed by atoms with van der Waals surface area (Å²) in [5.41, 5.74) is -0.505. The SMILES string of the molecule is CC1(C)C(O[C@@H]2O[C@H](CO)[C@@H](O)[C@H](O)[C@H]2O)CC[C@@]2(C)C1CC[C@]1(C)C2CC[C@H]2[C@@H]([C@]3(C)CC[C@H](C(C)(C)O)O3)CC[C@@]21C. The number of hydrogen-bond acceptors (Lipinski definition) is 8. The third-order valence-corrected chi connectivity index (χ3v) is 15.4. The molecule has 4 saturated carbocycles. The van der Waals surface area contributed by atoms with E-state index in [4.69, 9.17) is 14.2 Å². The number of fused-ring (bicyclic) bond motifs is 5. The molecular formula is C36H62O8. The van der Waals surface area contributed by atoms with Crippen molar-refractivity contribution in [3.63, 3.8) is 0 Å². The van der Waals surface area contributed by atoms with E-state index in [1.807, 2.05) is 13.8 Å². The molecule has 0 aromatic carbocycles. The lowest BCUT2D eigenvalue weighted by atomic mass is 9.35. The van der Waals surface area contributed by atoms with E-state index < -0.39 is 42.9 Å². The van der Waals surface area contributed by atoms with Gasteiger partial charge >= 0.3 is 0 Å². The molecule has 0 amide bonds. The van der Waals surface area contributed by atoms with Gasteiger partial charge in [-0.05, 0) is 130 Å². The van der Waals surface area contributed by atoms with Crippen LogP contribution in [0, 0.1) is 45.3 Å². The molecule has 2 heterocycles. The van der Waals surface area contributed by atoms with E-state index in [1.165, 1.54) is 32.1 Å². The minimum Gasteiger partial charge on any atom is -0.394 e. The van der Waals surface area contributed by atoms with Gasteiger partial charge in [0.2, 0.25) is 0 Å². The minimum atomic E-state index is -1.43. The van der Waals surface area contributed by atoms with E-state index >= 15 is 0 Å². The second-order valence-electron chi connectivity index (χ2n) is 18.1. The van der Waals surface area contributed by atoms with Gasteiger partial charge in [-0.25, -0.2) is 0 Å². The maximum atomic E-state index is 10.7. The molecule has 8 nitrogen and oxygen atoms in total. The Kier molecular flexibility index (Phi) is 8.28. The monoisotopic (exact) mass is 622 g/mol. The van der Waals surface area contributed by atoms with Crippen LogP contribution < -0.4 is 0 Å². The van der Waals surface area contributed by atoms with Gasteiger partial charge in [0.05, 0.1) is 30.0 Å². The van der Waals surface area contributed by atoms with Crippen LogP contribution in [0.2, 0.25) is 0 Å². The predicted octanol–water partition coefficient (Wildman–Crippen LogP) is 4.57. The molecule has 15 atom stereocenters. The zero-order chi connectivity index (χ0) is 32.3. The van der Waals surface area contributed by atoms with Crippen LogP contribution in [0.3, 0.4) is 0 Å². The quantitative estimate of drug-likeness (QED) is 0.282. The Morgan fingerprint density at radius 3 is 2.05 bits per heavy atom. The van der Waals surface area contributed by atoms with Crippen molar-refractivity contribution in [2.75, 3.05) is 6.61 Å². The number of hydrogen-bond donors (Lipinski definition) is 5. The van der Waals surface area contributed by atoms with Crippen LogP contribution in [0.25, 0.3) is 0 Å². The molecule has 44 heavy (non-hydrogen) atoms. The van der Waals surface area contributed by atoms with E-state index in [1.54, 1.807) is 0 Å². The summed E-state index contributed by atoms with van der Waals surface area (Å²) < 4.78 is 19.0. The Morgan fingerprint density at radius 1 is 0.727 bits per heavy atom. The fraction of sp³-hybridized carbons (Fsp3) is 1.00. The molecular weight excluding hydrogens is 560 g/mol. The third kappa shape index (κ3) is 4.74. The van der Waals surface area contributed by atoms with Gasteiger partial charge in [0.15, 0.2) is 6.29 Å². The van der Waals surface area contributed by atoms with E-state index in [-0.39, 0.29) is 39.5 Å². The van der Waals surface area contributed by atoms with Gasteiger partial charge in [-0.3, -0.25) is 0 Å². The van der Waals surface area contributed by atoms with E-state index in [9.17, 15) is 25.5 Å². The van der Waals surface area contributed by atoms with Crippen LogP contribution in [0.5, 0.6) is 0 Å². The molecule has 6 fully saturated rings. The third-order valence-electron chi connectivity index (χ3n) is 15.4. The van der Waals surface area contributed by atoms with Crippen LogP contribution in [0.15, 0.2) is 0 Å². The van der Waals surface area contributed by atoms with Crippen molar-refractivity contribution in [1.82, 2.24) is 0 Å². The Balaban J connectivity index is 1.21. The summed E-state index contributed by atoms with van der Waals surface area (Å²) in [5, 5.41) is 51.8. The van der Waals surface area contributed by atoms with Gasteiger partial charge in [0, 0.05) is 0 Å². The van der Waals surface area contributed by atoms with Crippen molar-refractivity contribution in [3.05, 3.63) is 0 Å². The molecule has 4 aliphatic carbocycles. The molecule has 3 unspecified atom stereocenters. The molecule has 0 aromatic heterocycles. The standard InChI is InChI=1S/C36H62O8/c1-31(2)23-12-17-35(7)24(33(23,5)15-13-25(31)43-30-29(40)28(39)27(38)22(19-37)42-30)10-9-20-21(11-16-34(20,35)6)36(8)18-14-26(44-36)32(3,4)41/h20-30,37-41H,9-19H2,1-8H3/t20-,21-,22+,23?,24?,25?,26+,27+,28-,29+,30-,33-,34-,35+,36-/m0/s1. The van der Waals surface area contributed by atoms with Crippen molar-refractivity contribution in [2.45, 2.75) is 174 Å². The summed E-state index contributed by atoms with van der Waals surface area (Å²) in [7, 11) is 0. The molecule has 8 heteroatoms. The average Bonchev–Trinajstić information content (AvgIpc) is 3.52. The summed E-state index contributed by atoms with van der Waals surface area (Å²) in [4.78, 5) is 0. The zero-order valence-electron chi connectivity index (χ0n) is 28.6. The molecule has 6 rings (SSSR count). The number of aliphatic hydroxyl groups is 5. The van der Waals surface area contributed by atoms with Crippen LogP contribution in [-0.2, 0) is 14.2 Å². The topological polar surface area (TPSA) is 129 Å². The fourth-order valence-corrected chi connectivity index (χ4v) is 12.7. The van der Waals surface area contributed by atoms with Gasteiger partial charge in [-0.2, -0.15) is 0 Å². The molecule has 2 aliphatic heterocycles. The molecule has 5 N–H and O–H groups in total. The minimum absolute atomic E-state index is 0.0942. The summed E-state index contributed by atoms with van der Waals surface area (Å²) in [6, 6.07) is 0. The van der Waals surface area contributed by atoms with E-state index in [0.29, 0.717) is 23.7 Å². The number of rotatable bonds is 5. The second kappa shape index (κ2) is 10.8. The highest BCUT2D eigenvalue weighted by Gasteiger charge is 2.70. The largest absolute Gasteiger partial charge is 0.394 e. The lowest BCUT2D eigenvalue weighted by molar-refractivity contribution is -0.331. The van der Waals surface area contributed by atoms with E-state index in [0.717, 1.165) is 32.1 Å². The van der Waals surface area contributed by atoms with Crippen LogP contribution in [0.4, 0.5) is 0 Å². The van der Waals surface area contributed by atoms with Crippen molar-refractivity contribution >= 4 is 0 Å². The highest BCUT2D eigenvalue weighted by Crippen LogP contribution is 2.76. The van der Waals surface area contributed by atoms with Crippen LogP contribution in [-0.4, -0.2) is 86.3 Å². The maximum Gasteiger partial charge on any atom is 0.186 e. The van der Waals surface area contributed by atoms with Crippen LogP contribution in [0.1, 0.15) is 120 Å². The first-order chi connectivity index (χ1) is 20.3. The first kappa shape index (κ1) is 33.6. The smallest absolute Gasteiger partial charge is 0.186 e. The summed E-state index contributed by atoms with van der Waals surface area (Å²) in [6.45, 7) is 18.1. The lowest BCUT2D eigenvalue weighted by Gasteiger charge is -2.70. The number of ether oxygens (including phenoxy) is 3. The first-order valence-electron chi connectivity index (χ1n) is 17.7. The summed E-state index contributed by atoms with van der Waals surface area (Å²) >= 11 is 0. The Labute approximate surface area is 265 Å². The highest BCUT2D eigenvalue weighted by molar-refractivity contribution is 5.19. The van der Waals surface area contributed by atoms with Gasteiger partial charge in [-0.15, -0.1) is 0 Å². The molecule has 0 spiro atoms.